The highest BCUT2D eigenvalue weighted by atomic mass is 19.1. The number of benzene rings is 1. The fourth-order valence-electron chi connectivity index (χ4n) is 2.06. The Morgan fingerprint density at radius 2 is 2.08 bits per heavy atom. The van der Waals surface area contributed by atoms with Crippen LogP contribution in [-0.4, -0.2) is 23.5 Å². The molecule has 0 aliphatic carbocycles. The Hall–Kier alpha value is -2.94. The number of nitro groups is 1. The lowest BCUT2D eigenvalue weighted by molar-refractivity contribution is -0.386. The van der Waals surface area contributed by atoms with Gasteiger partial charge in [-0.2, -0.15) is 0 Å². The second-order valence-electron chi connectivity index (χ2n) is 5.09. The van der Waals surface area contributed by atoms with E-state index >= 15 is 0 Å². The lowest BCUT2D eigenvalue weighted by atomic mass is 10.2. The minimum absolute atomic E-state index is 0.138. The number of hydrogen-bond donors (Lipinski definition) is 1. The number of halogens is 1. The summed E-state index contributed by atoms with van der Waals surface area (Å²) in [5.74, 6) is -0.600. The molecular formula is C16H17FN2O6. The summed E-state index contributed by atoms with van der Waals surface area (Å²) in [6.07, 6.45) is 0.138. The van der Waals surface area contributed by atoms with Gasteiger partial charge in [-0.25, -0.2) is 4.39 Å². The van der Waals surface area contributed by atoms with Crippen LogP contribution >= 0.6 is 0 Å². The maximum atomic E-state index is 13.2. The van der Waals surface area contributed by atoms with Crippen molar-refractivity contribution in [3.8, 4) is 5.75 Å². The standard InChI is InChI=1S/C16H17FN2O6/c1-2-23-16(20)13(18)8-11-4-5-12(25-11)9-24-15-7-10(17)3-6-14(15)19(21)22/h3-7,13H,2,8-9,18H2,1H3. The van der Waals surface area contributed by atoms with Gasteiger partial charge in [-0.3, -0.25) is 14.9 Å². The number of nitrogens with zero attached hydrogens (tertiary/aromatic N) is 1. The molecule has 0 aliphatic rings. The zero-order chi connectivity index (χ0) is 18.4. The van der Waals surface area contributed by atoms with Crippen LogP contribution in [0, 0.1) is 15.9 Å². The van der Waals surface area contributed by atoms with Gasteiger partial charge in [0.25, 0.3) is 0 Å². The van der Waals surface area contributed by atoms with E-state index in [1.165, 1.54) is 0 Å². The summed E-state index contributed by atoms with van der Waals surface area (Å²) in [4.78, 5) is 21.7. The average Bonchev–Trinajstić information content (AvgIpc) is 3.00. The number of nitrogens with two attached hydrogens (primary N) is 1. The van der Waals surface area contributed by atoms with E-state index in [4.69, 9.17) is 19.6 Å². The maximum Gasteiger partial charge on any atom is 0.323 e. The second kappa shape index (κ2) is 8.25. The van der Waals surface area contributed by atoms with Gasteiger partial charge < -0.3 is 19.6 Å². The molecule has 0 saturated heterocycles. The van der Waals surface area contributed by atoms with E-state index in [1.807, 2.05) is 0 Å². The highest BCUT2D eigenvalue weighted by Gasteiger charge is 2.19. The molecule has 1 unspecified atom stereocenters. The number of rotatable bonds is 8. The monoisotopic (exact) mass is 352 g/mol. The first-order valence-electron chi connectivity index (χ1n) is 7.47. The lowest BCUT2D eigenvalue weighted by Crippen LogP contribution is -2.34. The molecule has 134 valence electrons. The SMILES string of the molecule is CCOC(=O)C(N)Cc1ccc(COc2cc(F)ccc2[N+](=O)[O-])o1. The molecule has 0 amide bonds. The van der Waals surface area contributed by atoms with Crippen LogP contribution in [0.2, 0.25) is 0 Å². The normalized spacial score (nSPS) is 11.8. The molecule has 2 aromatic rings. The summed E-state index contributed by atoms with van der Waals surface area (Å²) in [5.41, 5.74) is 5.35. The molecule has 0 bridgehead atoms. The number of carbonyl (C=O) groups is 1. The van der Waals surface area contributed by atoms with Gasteiger partial charge in [0.2, 0.25) is 0 Å². The van der Waals surface area contributed by atoms with Gasteiger partial charge in [0.1, 0.15) is 30.0 Å². The third-order valence-corrected chi connectivity index (χ3v) is 3.22. The van der Waals surface area contributed by atoms with Crippen molar-refractivity contribution in [2.45, 2.75) is 26.0 Å². The van der Waals surface area contributed by atoms with Gasteiger partial charge in [-0.15, -0.1) is 0 Å². The Kier molecular flexibility index (Phi) is 6.07. The smallest absolute Gasteiger partial charge is 0.323 e. The molecule has 0 aliphatic heterocycles. The molecule has 9 heteroatoms. The van der Waals surface area contributed by atoms with Crippen molar-refractivity contribution in [2.24, 2.45) is 5.73 Å². The van der Waals surface area contributed by atoms with Crippen molar-refractivity contribution in [2.75, 3.05) is 6.61 Å². The zero-order valence-electron chi connectivity index (χ0n) is 13.4. The Morgan fingerprint density at radius 3 is 2.76 bits per heavy atom. The minimum Gasteiger partial charge on any atom is -0.479 e. The van der Waals surface area contributed by atoms with Crippen molar-refractivity contribution in [1.82, 2.24) is 0 Å². The van der Waals surface area contributed by atoms with Crippen molar-refractivity contribution in [3.05, 3.63) is 57.8 Å². The van der Waals surface area contributed by atoms with Crippen molar-refractivity contribution in [3.63, 3.8) is 0 Å². The van der Waals surface area contributed by atoms with Crippen molar-refractivity contribution in [1.29, 1.82) is 0 Å². The molecule has 2 rings (SSSR count). The van der Waals surface area contributed by atoms with Gasteiger partial charge in [0.15, 0.2) is 5.75 Å². The molecule has 1 atom stereocenters. The van der Waals surface area contributed by atoms with Crippen LogP contribution in [0.15, 0.2) is 34.7 Å². The summed E-state index contributed by atoms with van der Waals surface area (Å²) < 4.78 is 28.8. The highest BCUT2D eigenvalue weighted by Crippen LogP contribution is 2.28. The largest absolute Gasteiger partial charge is 0.479 e. The van der Waals surface area contributed by atoms with E-state index in [2.05, 4.69) is 0 Å². The predicted octanol–water partition coefficient (Wildman–Crippen LogP) is 2.34. The third kappa shape index (κ3) is 5.01. The molecule has 0 spiro atoms. The molecule has 1 aromatic carbocycles. The topological polar surface area (TPSA) is 118 Å². The Bertz CT molecular complexity index is 761. The van der Waals surface area contributed by atoms with E-state index in [1.54, 1.807) is 19.1 Å². The minimum atomic E-state index is -0.857. The summed E-state index contributed by atoms with van der Waals surface area (Å²) in [7, 11) is 0. The molecule has 25 heavy (non-hydrogen) atoms. The molecule has 0 fully saturated rings. The van der Waals surface area contributed by atoms with Gasteiger partial charge >= 0.3 is 11.7 Å². The molecule has 0 radical (unpaired) electrons. The highest BCUT2D eigenvalue weighted by molar-refractivity contribution is 5.75. The number of ether oxygens (including phenoxy) is 2. The first-order valence-corrected chi connectivity index (χ1v) is 7.47. The Morgan fingerprint density at radius 1 is 1.36 bits per heavy atom. The van der Waals surface area contributed by atoms with Crippen LogP contribution in [-0.2, 0) is 22.6 Å². The Labute approximate surface area is 142 Å². The number of nitro benzene ring substituents is 1. The van der Waals surface area contributed by atoms with E-state index in [0.29, 0.717) is 11.5 Å². The number of furan rings is 1. The number of hydrogen-bond acceptors (Lipinski definition) is 7. The van der Waals surface area contributed by atoms with Gasteiger partial charge in [0.05, 0.1) is 11.5 Å². The van der Waals surface area contributed by atoms with E-state index < -0.39 is 22.8 Å². The maximum absolute atomic E-state index is 13.2. The first kappa shape index (κ1) is 18.4. The van der Waals surface area contributed by atoms with Crippen molar-refractivity contribution >= 4 is 11.7 Å². The molecule has 1 heterocycles. The average molecular weight is 352 g/mol. The van der Waals surface area contributed by atoms with Crippen LogP contribution in [0.4, 0.5) is 10.1 Å². The molecular weight excluding hydrogens is 335 g/mol. The fourth-order valence-corrected chi connectivity index (χ4v) is 2.06. The van der Waals surface area contributed by atoms with Crippen LogP contribution in [0.3, 0.4) is 0 Å². The summed E-state index contributed by atoms with van der Waals surface area (Å²) >= 11 is 0. The lowest BCUT2D eigenvalue weighted by Gasteiger charge is -2.08. The Balaban J connectivity index is 1.99. The van der Waals surface area contributed by atoms with E-state index in [0.717, 1.165) is 18.2 Å². The van der Waals surface area contributed by atoms with Crippen LogP contribution < -0.4 is 10.5 Å². The molecule has 1 aromatic heterocycles. The first-order chi connectivity index (χ1) is 11.9. The van der Waals surface area contributed by atoms with Gasteiger partial charge in [0, 0.05) is 18.6 Å². The summed E-state index contributed by atoms with van der Waals surface area (Å²) in [5, 5.41) is 10.9. The van der Waals surface area contributed by atoms with Gasteiger partial charge in [-0.05, 0) is 25.1 Å². The van der Waals surface area contributed by atoms with E-state index in [-0.39, 0.29) is 31.1 Å². The van der Waals surface area contributed by atoms with Gasteiger partial charge in [-0.1, -0.05) is 0 Å². The number of carbonyl (C=O) groups excluding carboxylic acids is 1. The van der Waals surface area contributed by atoms with Crippen LogP contribution in [0.25, 0.3) is 0 Å². The second-order valence-corrected chi connectivity index (χ2v) is 5.09. The quantitative estimate of drug-likeness (QED) is 0.440. The molecule has 2 N–H and O–H groups in total. The van der Waals surface area contributed by atoms with Crippen LogP contribution in [0.1, 0.15) is 18.4 Å². The summed E-state index contributed by atoms with van der Waals surface area (Å²) in [6.45, 7) is 1.77. The molecule has 8 nitrogen and oxygen atoms in total. The third-order valence-electron chi connectivity index (χ3n) is 3.22. The zero-order valence-corrected chi connectivity index (χ0v) is 13.4. The van der Waals surface area contributed by atoms with Crippen LogP contribution in [0.5, 0.6) is 5.75 Å². The fraction of sp³-hybridized carbons (Fsp3) is 0.312. The predicted molar refractivity (Wildman–Crippen MR) is 84.4 cm³/mol. The summed E-state index contributed by atoms with van der Waals surface area (Å²) in [6, 6.07) is 5.27. The van der Waals surface area contributed by atoms with Crippen molar-refractivity contribution < 1.29 is 28.0 Å². The number of esters is 1. The van der Waals surface area contributed by atoms with E-state index in [9.17, 15) is 19.3 Å². The molecule has 0 saturated carbocycles.